The number of aryl methyl sites for hydroxylation is 2. The molecule has 2 atom stereocenters. The Labute approximate surface area is 107 Å². The summed E-state index contributed by atoms with van der Waals surface area (Å²) in [5.74, 6) is 0.118. The van der Waals surface area contributed by atoms with Crippen molar-refractivity contribution in [2.24, 2.45) is 7.05 Å². The lowest BCUT2D eigenvalue weighted by molar-refractivity contribution is 0.0737. The van der Waals surface area contributed by atoms with Gasteiger partial charge in [0.05, 0.1) is 5.69 Å². The standard InChI is InChI=1S/C13H20N4O/c1-9-7-12(16(2)15-9)13(18)17-6-5-10-3-4-11(8-17)14-10/h7,10-11,14H,3-6,8H2,1-2H3. The molecule has 0 saturated carbocycles. The Morgan fingerprint density at radius 1 is 1.39 bits per heavy atom. The van der Waals surface area contributed by atoms with Gasteiger partial charge in [-0.1, -0.05) is 0 Å². The van der Waals surface area contributed by atoms with Crippen molar-refractivity contribution in [1.29, 1.82) is 0 Å². The van der Waals surface area contributed by atoms with Gasteiger partial charge in [-0.3, -0.25) is 9.48 Å². The quantitative estimate of drug-likeness (QED) is 0.795. The topological polar surface area (TPSA) is 50.2 Å². The van der Waals surface area contributed by atoms with Crippen molar-refractivity contribution in [2.75, 3.05) is 13.1 Å². The van der Waals surface area contributed by atoms with Gasteiger partial charge in [0.25, 0.3) is 5.91 Å². The molecule has 5 heteroatoms. The number of rotatable bonds is 1. The van der Waals surface area contributed by atoms with Crippen LogP contribution in [0.5, 0.6) is 0 Å². The predicted octanol–water partition coefficient (Wildman–Crippen LogP) is 0.695. The number of nitrogens with one attached hydrogen (secondary N) is 1. The van der Waals surface area contributed by atoms with Gasteiger partial charge in [0, 0.05) is 32.2 Å². The fraction of sp³-hybridized carbons (Fsp3) is 0.692. The molecule has 0 radical (unpaired) electrons. The van der Waals surface area contributed by atoms with Crippen LogP contribution < -0.4 is 5.32 Å². The van der Waals surface area contributed by atoms with Crippen LogP contribution in [-0.4, -0.2) is 45.8 Å². The van der Waals surface area contributed by atoms with Gasteiger partial charge >= 0.3 is 0 Å². The molecule has 1 N–H and O–H groups in total. The first-order valence-corrected chi connectivity index (χ1v) is 6.69. The van der Waals surface area contributed by atoms with Crippen molar-refractivity contribution < 1.29 is 4.79 Å². The van der Waals surface area contributed by atoms with Crippen LogP contribution in [0, 0.1) is 6.92 Å². The van der Waals surface area contributed by atoms with Crippen LogP contribution in [0.3, 0.4) is 0 Å². The van der Waals surface area contributed by atoms with Gasteiger partial charge in [-0.25, -0.2) is 0 Å². The van der Waals surface area contributed by atoms with Gasteiger partial charge in [0.2, 0.25) is 0 Å². The van der Waals surface area contributed by atoms with E-state index in [1.165, 1.54) is 12.8 Å². The minimum Gasteiger partial charge on any atom is -0.336 e. The van der Waals surface area contributed by atoms with Crippen LogP contribution in [0.2, 0.25) is 0 Å². The Morgan fingerprint density at radius 2 is 2.17 bits per heavy atom. The Hall–Kier alpha value is -1.36. The monoisotopic (exact) mass is 248 g/mol. The van der Waals surface area contributed by atoms with Crippen LogP contribution in [0.4, 0.5) is 0 Å². The number of nitrogens with zero attached hydrogens (tertiary/aromatic N) is 3. The molecule has 0 aliphatic carbocycles. The summed E-state index contributed by atoms with van der Waals surface area (Å²) in [6, 6.07) is 2.97. The van der Waals surface area contributed by atoms with E-state index in [1.807, 2.05) is 24.9 Å². The molecule has 2 unspecified atom stereocenters. The molecule has 2 aliphatic heterocycles. The number of fused-ring (bicyclic) bond motifs is 2. The van der Waals surface area contributed by atoms with Crippen molar-refractivity contribution in [2.45, 2.75) is 38.3 Å². The predicted molar refractivity (Wildman–Crippen MR) is 68.4 cm³/mol. The summed E-state index contributed by atoms with van der Waals surface area (Å²) in [6.45, 7) is 3.61. The van der Waals surface area contributed by atoms with E-state index in [1.54, 1.807) is 4.68 Å². The Morgan fingerprint density at radius 3 is 2.89 bits per heavy atom. The van der Waals surface area contributed by atoms with Gasteiger partial charge in [0.15, 0.2) is 0 Å². The number of amides is 1. The minimum atomic E-state index is 0.118. The molecular formula is C13H20N4O. The first kappa shape index (κ1) is 11.7. The second-order valence-corrected chi connectivity index (χ2v) is 5.47. The number of carbonyl (C=O) groups excluding carboxylic acids is 1. The Balaban J connectivity index is 1.78. The third-order valence-electron chi connectivity index (χ3n) is 4.03. The van der Waals surface area contributed by atoms with E-state index in [0.29, 0.717) is 17.8 Å². The minimum absolute atomic E-state index is 0.118. The van der Waals surface area contributed by atoms with Gasteiger partial charge in [-0.15, -0.1) is 0 Å². The third-order valence-corrected chi connectivity index (χ3v) is 4.03. The first-order valence-electron chi connectivity index (χ1n) is 6.69. The number of aromatic nitrogens is 2. The summed E-state index contributed by atoms with van der Waals surface area (Å²) in [5.41, 5.74) is 1.60. The lowest BCUT2D eigenvalue weighted by Gasteiger charge is -2.24. The lowest BCUT2D eigenvalue weighted by Crippen LogP contribution is -2.39. The molecule has 5 nitrogen and oxygen atoms in total. The van der Waals surface area contributed by atoms with E-state index in [-0.39, 0.29) is 5.91 Å². The molecular weight excluding hydrogens is 228 g/mol. The molecule has 3 rings (SSSR count). The maximum Gasteiger partial charge on any atom is 0.272 e. The normalized spacial score (nSPS) is 27.3. The van der Waals surface area contributed by atoms with E-state index in [2.05, 4.69) is 10.4 Å². The van der Waals surface area contributed by atoms with Gasteiger partial charge < -0.3 is 10.2 Å². The molecule has 18 heavy (non-hydrogen) atoms. The first-order chi connectivity index (χ1) is 8.63. The summed E-state index contributed by atoms with van der Waals surface area (Å²) in [5, 5.41) is 7.84. The highest BCUT2D eigenvalue weighted by Crippen LogP contribution is 2.21. The third kappa shape index (κ3) is 2.03. The van der Waals surface area contributed by atoms with Gasteiger partial charge in [-0.05, 0) is 32.3 Å². The van der Waals surface area contributed by atoms with Crippen LogP contribution in [0.25, 0.3) is 0 Å². The zero-order valence-corrected chi connectivity index (χ0v) is 11.0. The number of hydrogen-bond donors (Lipinski definition) is 1. The molecule has 2 bridgehead atoms. The summed E-state index contributed by atoms with van der Waals surface area (Å²) >= 11 is 0. The van der Waals surface area contributed by atoms with E-state index < -0.39 is 0 Å². The zero-order valence-electron chi connectivity index (χ0n) is 11.0. The zero-order chi connectivity index (χ0) is 12.7. The lowest BCUT2D eigenvalue weighted by atomic mass is 10.1. The maximum absolute atomic E-state index is 12.5. The largest absolute Gasteiger partial charge is 0.336 e. The maximum atomic E-state index is 12.5. The molecule has 3 heterocycles. The number of likely N-dealkylation sites (tertiary alicyclic amines) is 1. The molecule has 2 aliphatic rings. The molecule has 0 aromatic carbocycles. The van der Waals surface area contributed by atoms with Crippen LogP contribution in [0.1, 0.15) is 35.4 Å². The molecule has 0 spiro atoms. The Kier molecular flexibility index (Phi) is 2.86. The molecule has 1 aromatic heterocycles. The average molecular weight is 248 g/mol. The fourth-order valence-electron chi connectivity index (χ4n) is 3.10. The highest BCUT2D eigenvalue weighted by molar-refractivity contribution is 5.92. The summed E-state index contributed by atoms with van der Waals surface area (Å²) in [6.07, 6.45) is 3.52. The van der Waals surface area contributed by atoms with Crippen LogP contribution in [-0.2, 0) is 7.05 Å². The second kappa shape index (κ2) is 4.39. The van der Waals surface area contributed by atoms with Gasteiger partial charge in [0.1, 0.15) is 5.69 Å². The van der Waals surface area contributed by atoms with Crippen molar-refractivity contribution in [3.8, 4) is 0 Å². The number of hydrogen-bond acceptors (Lipinski definition) is 3. The molecule has 98 valence electrons. The molecule has 1 aromatic rings. The van der Waals surface area contributed by atoms with Crippen molar-refractivity contribution in [1.82, 2.24) is 20.0 Å². The smallest absolute Gasteiger partial charge is 0.272 e. The van der Waals surface area contributed by atoms with Crippen molar-refractivity contribution in [3.05, 3.63) is 17.5 Å². The second-order valence-electron chi connectivity index (χ2n) is 5.47. The van der Waals surface area contributed by atoms with E-state index >= 15 is 0 Å². The average Bonchev–Trinajstić information content (AvgIpc) is 2.81. The van der Waals surface area contributed by atoms with Crippen LogP contribution in [0.15, 0.2) is 6.07 Å². The highest BCUT2D eigenvalue weighted by Gasteiger charge is 2.32. The van der Waals surface area contributed by atoms with Crippen molar-refractivity contribution in [3.63, 3.8) is 0 Å². The van der Waals surface area contributed by atoms with E-state index in [0.717, 1.165) is 25.2 Å². The molecule has 2 fully saturated rings. The Bertz CT molecular complexity index is 468. The number of carbonyl (C=O) groups is 1. The van der Waals surface area contributed by atoms with Crippen LogP contribution >= 0.6 is 0 Å². The molecule has 2 saturated heterocycles. The highest BCUT2D eigenvalue weighted by atomic mass is 16.2. The fourth-order valence-corrected chi connectivity index (χ4v) is 3.10. The molecule has 1 amide bonds. The SMILES string of the molecule is Cc1cc(C(=O)N2CCC3CCC(C2)N3)n(C)n1. The van der Waals surface area contributed by atoms with Crippen molar-refractivity contribution >= 4 is 5.91 Å². The van der Waals surface area contributed by atoms with E-state index in [4.69, 9.17) is 0 Å². The summed E-state index contributed by atoms with van der Waals surface area (Å²) < 4.78 is 1.69. The summed E-state index contributed by atoms with van der Waals surface area (Å²) in [7, 11) is 1.84. The summed E-state index contributed by atoms with van der Waals surface area (Å²) in [4.78, 5) is 14.5. The van der Waals surface area contributed by atoms with Gasteiger partial charge in [-0.2, -0.15) is 5.10 Å². The van der Waals surface area contributed by atoms with E-state index in [9.17, 15) is 4.79 Å².